The third-order valence-electron chi connectivity index (χ3n) is 2.14. The van der Waals surface area contributed by atoms with Gasteiger partial charge in [-0.15, -0.1) is 0 Å². The van der Waals surface area contributed by atoms with Crippen molar-refractivity contribution in [3.05, 3.63) is 0 Å². The summed E-state index contributed by atoms with van der Waals surface area (Å²) in [5.41, 5.74) is 4.17. The fraction of sp³-hybridized carbons (Fsp3) is 0.889. The molecule has 1 aliphatic rings. The lowest BCUT2D eigenvalue weighted by atomic mass is 9.98. The zero-order chi connectivity index (χ0) is 9.94. The van der Waals surface area contributed by atoms with Gasteiger partial charge in [-0.05, 0) is 44.9 Å². The van der Waals surface area contributed by atoms with Crippen LogP contribution in [0.2, 0.25) is 0 Å². The first-order valence-corrected chi connectivity index (χ1v) is 4.92. The minimum Gasteiger partial charge on any atom is -0.372 e. The molecule has 1 aliphatic heterocycles. The molecular formula is C9H21N3O. The van der Waals surface area contributed by atoms with E-state index >= 15 is 0 Å². The van der Waals surface area contributed by atoms with Gasteiger partial charge in [-0.1, -0.05) is 6.92 Å². The highest BCUT2D eigenvalue weighted by Crippen LogP contribution is 2.09. The van der Waals surface area contributed by atoms with Crippen LogP contribution in [0.15, 0.2) is 0 Å². The molecule has 0 spiro atoms. The van der Waals surface area contributed by atoms with Crippen LogP contribution in [0.1, 0.15) is 19.8 Å². The maximum atomic E-state index is 8.58. The van der Waals surface area contributed by atoms with Gasteiger partial charge in [-0.25, -0.2) is 0 Å². The second-order valence-corrected chi connectivity index (χ2v) is 3.14. The van der Waals surface area contributed by atoms with Crippen molar-refractivity contribution in [2.45, 2.75) is 19.8 Å². The van der Waals surface area contributed by atoms with Gasteiger partial charge >= 0.3 is 0 Å². The summed E-state index contributed by atoms with van der Waals surface area (Å²) in [7, 11) is 0. The second kappa shape index (κ2) is 9.48. The van der Waals surface area contributed by atoms with Gasteiger partial charge in [0.05, 0.1) is 0 Å². The van der Waals surface area contributed by atoms with E-state index in [4.69, 9.17) is 4.79 Å². The first-order chi connectivity index (χ1) is 6.35. The molecule has 0 aromatic rings. The van der Waals surface area contributed by atoms with Crippen molar-refractivity contribution in [3.8, 4) is 0 Å². The number of carbonyl (C=O) groups excluding carboxylic acids is 1. The molecule has 0 unspecified atom stereocenters. The van der Waals surface area contributed by atoms with Crippen molar-refractivity contribution in [2.75, 3.05) is 26.2 Å². The van der Waals surface area contributed by atoms with E-state index in [-0.39, 0.29) is 6.41 Å². The predicted octanol–water partition coefficient (Wildman–Crippen LogP) is -0.303. The van der Waals surface area contributed by atoms with Crippen molar-refractivity contribution in [1.29, 1.82) is 0 Å². The quantitative estimate of drug-likeness (QED) is 0.531. The summed E-state index contributed by atoms with van der Waals surface area (Å²) in [6.07, 6.45) is 2.96. The highest BCUT2D eigenvalue weighted by Gasteiger charge is 2.10. The Hall–Kier alpha value is -0.610. The van der Waals surface area contributed by atoms with Gasteiger partial charge in [0, 0.05) is 0 Å². The summed E-state index contributed by atoms with van der Waals surface area (Å²) in [6, 6.07) is 0. The lowest BCUT2D eigenvalue weighted by molar-refractivity contribution is -0.106. The molecule has 4 heteroatoms. The van der Waals surface area contributed by atoms with E-state index in [2.05, 4.69) is 23.3 Å². The molecule has 0 aromatic carbocycles. The summed E-state index contributed by atoms with van der Waals surface area (Å²) in [6.45, 7) is 6.94. The van der Waals surface area contributed by atoms with Crippen LogP contribution >= 0.6 is 0 Å². The number of nitrogens with two attached hydrogens (primary N) is 1. The monoisotopic (exact) mass is 187 g/mol. The molecule has 1 fully saturated rings. The van der Waals surface area contributed by atoms with E-state index < -0.39 is 0 Å². The standard InChI is InChI=1S/C8H18N2.CH3NO/c1-2-9-7-8-3-5-10-6-4-8;2-1-3/h8-10H,2-7H2,1H3;1H,(H2,2,3). The largest absolute Gasteiger partial charge is 0.372 e. The first-order valence-electron chi connectivity index (χ1n) is 4.92. The van der Waals surface area contributed by atoms with E-state index in [1.807, 2.05) is 0 Å². The number of hydrogen-bond donors (Lipinski definition) is 3. The molecule has 78 valence electrons. The van der Waals surface area contributed by atoms with Gasteiger partial charge in [0.15, 0.2) is 0 Å². The third-order valence-corrected chi connectivity index (χ3v) is 2.14. The number of nitrogens with one attached hydrogen (secondary N) is 2. The van der Waals surface area contributed by atoms with Gasteiger partial charge < -0.3 is 16.4 Å². The smallest absolute Gasteiger partial charge is 0.204 e. The lowest BCUT2D eigenvalue weighted by Crippen LogP contribution is -2.33. The van der Waals surface area contributed by atoms with Crippen molar-refractivity contribution >= 4 is 6.41 Å². The molecule has 4 nitrogen and oxygen atoms in total. The molecule has 1 amide bonds. The zero-order valence-electron chi connectivity index (χ0n) is 8.38. The predicted molar refractivity (Wildman–Crippen MR) is 54.4 cm³/mol. The summed E-state index contributed by atoms with van der Waals surface area (Å²) < 4.78 is 0. The van der Waals surface area contributed by atoms with Crippen molar-refractivity contribution < 1.29 is 4.79 Å². The Bertz CT molecular complexity index is 113. The topological polar surface area (TPSA) is 67.2 Å². The number of primary amides is 1. The Balaban J connectivity index is 0.000000424. The molecule has 0 saturated carbocycles. The van der Waals surface area contributed by atoms with Crippen LogP contribution in [-0.4, -0.2) is 32.6 Å². The number of hydrogen-bond acceptors (Lipinski definition) is 3. The van der Waals surface area contributed by atoms with Crippen LogP contribution < -0.4 is 16.4 Å². The second-order valence-electron chi connectivity index (χ2n) is 3.14. The Morgan fingerprint density at radius 1 is 1.54 bits per heavy atom. The average Bonchev–Trinajstić information content (AvgIpc) is 2.18. The van der Waals surface area contributed by atoms with Crippen LogP contribution in [0.3, 0.4) is 0 Å². The van der Waals surface area contributed by atoms with Gasteiger partial charge in [0.25, 0.3) is 0 Å². The third kappa shape index (κ3) is 7.74. The Kier molecular flexibility index (Phi) is 9.03. The van der Waals surface area contributed by atoms with E-state index in [9.17, 15) is 0 Å². The molecule has 1 saturated heterocycles. The fourth-order valence-electron chi connectivity index (χ4n) is 1.43. The van der Waals surface area contributed by atoms with Crippen LogP contribution in [0.5, 0.6) is 0 Å². The zero-order valence-corrected chi connectivity index (χ0v) is 8.38. The summed E-state index contributed by atoms with van der Waals surface area (Å²) >= 11 is 0. The van der Waals surface area contributed by atoms with Crippen molar-refractivity contribution in [2.24, 2.45) is 11.7 Å². The SMILES string of the molecule is CCNCC1CCNCC1.NC=O. The summed E-state index contributed by atoms with van der Waals surface area (Å²) in [5.74, 6) is 0.932. The molecule has 4 N–H and O–H groups in total. The van der Waals surface area contributed by atoms with E-state index in [1.165, 1.54) is 32.5 Å². The fourth-order valence-corrected chi connectivity index (χ4v) is 1.43. The van der Waals surface area contributed by atoms with Crippen molar-refractivity contribution in [1.82, 2.24) is 10.6 Å². The molecule has 0 bridgehead atoms. The molecule has 0 atom stereocenters. The number of amides is 1. The maximum absolute atomic E-state index is 8.58. The van der Waals surface area contributed by atoms with Crippen LogP contribution in [0.4, 0.5) is 0 Å². The Labute approximate surface area is 80.3 Å². The molecule has 13 heavy (non-hydrogen) atoms. The number of rotatable bonds is 3. The first kappa shape index (κ1) is 12.4. The van der Waals surface area contributed by atoms with Gasteiger partial charge in [-0.2, -0.15) is 0 Å². The number of carbonyl (C=O) groups is 1. The molecule has 0 aliphatic carbocycles. The average molecular weight is 187 g/mol. The van der Waals surface area contributed by atoms with Gasteiger partial charge in [0.1, 0.15) is 0 Å². The highest BCUT2D eigenvalue weighted by atomic mass is 16.1. The number of piperidine rings is 1. The van der Waals surface area contributed by atoms with Crippen LogP contribution in [0, 0.1) is 5.92 Å². The van der Waals surface area contributed by atoms with E-state index in [0.717, 1.165) is 12.5 Å². The van der Waals surface area contributed by atoms with E-state index in [1.54, 1.807) is 0 Å². The van der Waals surface area contributed by atoms with Crippen LogP contribution in [0.25, 0.3) is 0 Å². The maximum Gasteiger partial charge on any atom is 0.204 e. The lowest BCUT2D eigenvalue weighted by Gasteiger charge is -2.22. The van der Waals surface area contributed by atoms with Gasteiger partial charge in [0.2, 0.25) is 6.41 Å². The summed E-state index contributed by atoms with van der Waals surface area (Å²) in [4.78, 5) is 8.58. The molecule has 1 heterocycles. The molecule has 1 rings (SSSR count). The molecule has 0 aromatic heterocycles. The van der Waals surface area contributed by atoms with Crippen molar-refractivity contribution in [3.63, 3.8) is 0 Å². The van der Waals surface area contributed by atoms with Crippen LogP contribution in [-0.2, 0) is 4.79 Å². The Morgan fingerprint density at radius 3 is 2.54 bits per heavy atom. The molecular weight excluding hydrogens is 166 g/mol. The Morgan fingerprint density at radius 2 is 2.08 bits per heavy atom. The minimum absolute atomic E-state index is 0.250. The highest BCUT2D eigenvalue weighted by molar-refractivity contribution is 5.42. The minimum atomic E-state index is 0.250. The van der Waals surface area contributed by atoms with E-state index in [0.29, 0.717) is 0 Å². The summed E-state index contributed by atoms with van der Waals surface area (Å²) in [5, 5.41) is 6.75. The molecule has 0 radical (unpaired) electrons. The normalized spacial score (nSPS) is 17.3. The van der Waals surface area contributed by atoms with Gasteiger partial charge in [-0.3, -0.25) is 4.79 Å².